The lowest BCUT2D eigenvalue weighted by atomic mass is 10.3. The van der Waals surface area contributed by atoms with Gasteiger partial charge in [-0.3, -0.25) is 9.89 Å². The van der Waals surface area contributed by atoms with Crippen LogP contribution in [0.25, 0.3) is 0 Å². The SMILES string of the molecule is Cc1cc(C(=O)NCc2cn[nH]c2N)sc1Br. The summed E-state index contributed by atoms with van der Waals surface area (Å²) in [6.07, 6.45) is 1.60. The number of H-pyrrole nitrogens is 1. The molecule has 0 unspecified atom stereocenters. The number of aromatic nitrogens is 2. The highest BCUT2D eigenvalue weighted by molar-refractivity contribution is 9.11. The van der Waals surface area contributed by atoms with Crippen molar-refractivity contribution in [3.8, 4) is 0 Å². The Hall–Kier alpha value is -1.34. The summed E-state index contributed by atoms with van der Waals surface area (Å²) in [5.74, 6) is 0.373. The molecular formula is C10H11BrN4OS. The van der Waals surface area contributed by atoms with E-state index in [1.54, 1.807) is 6.20 Å². The highest BCUT2D eigenvalue weighted by Gasteiger charge is 2.11. The number of anilines is 1. The molecule has 0 radical (unpaired) electrons. The Labute approximate surface area is 111 Å². The zero-order chi connectivity index (χ0) is 12.4. The van der Waals surface area contributed by atoms with Crippen LogP contribution in [0.4, 0.5) is 5.82 Å². The molecule has 2 rings (SSSR count). The van der Waals surface area contributed by atoms with Crippen LogP contribution in [0.1, 0.15) is 20.8 Å². The molecule has 90 valence electrons. The first-order chi connectivity index (χ1) is 8.08. The quantitative estimate of drug-likeness (QED) is 0.810. The highest BCUT2D eigenvalue weighted by atomic mass is 79.9. The summed E-state index contributed by atoms with van der Waals surface area (Å²) in [6, 6.07) is 1.85. The van der Waals surface area contributed by atoms with E-state index in [1.165, 1.54) is 11.3 Å². The van der Waals surface area contributed by atoms with Crippen LogP contribution in [0, 0.1) is 6.92 Å². The molecule has 17 heavy (non-hydrogen) atoms. The number of hydrogen-bond acceptors (Lipinski definition) is 4. The van der Waals surface area contributed by atoms with Crippen LogP contribution in [0.15, 0.2) is 16.0 Å². The van der Waals surface area contributed by atoms with Crippen molar-refractivity contribution >= 4 is 39.0 Å². The lowest BCUT2D eigenvalue weighted by molar-refractivity contribution is 0.0955. The number of nitrogen functional groups attached to an aromatic ring is 1. The van der Waals surface area contributed by atoms with Gasteiger partial charge in [0, 0.05) is 12.1 Å². The summed E-state index contributed by atoms with van der Waals surface area (Å²) < 4.78 is 0.977. The standard InChI is InChI=1S/C10H11BrN4OS/c1-5-2-7(17-8(5)11)10(16)13-3-6-4-14-15-9(6)12/h2,4H,3H2,1H3,(H,13,16)(H3,12,14,15). The van der Waals surface area contributed by atoms with Gasteiger partial charge in [0.15, 0.2) is 0 Å². The number of aromatic amines is 1. The average Bonchev–Trinajstić information content (AvgIpc) is 2.83. The van der Waals surface area contributed by atoms with Crippen molar-refractivity contribution in [1.82, 2.24) is 15.5 Å². The number of carbonyl (C=O) groups excluding carboxylic acids is 1. The summed E-state index contributed by atoms with van der Waals surface area (Å²) in [5, 5.41) is 9.19. The second-order valence-electron chi connectivity index (χ2n) is 3.56. The van der Waals surface area contributed by atoms with E-state index < -0.39 is 0 Å². The number of thiophene rings is 1. The second kappa shape index (κ2) is 4.89. The van der Waals surface area contributed by atoms with Gasteiger partial charge in [-0.1, -0.05) is 0 Å². The van der Waals surface area contributed by atoms with E-state index in [4.69, 9.17) is 5.73 Å². The summed E-state index contributed by atoms with van der Waals surface area (Å²) in [6.45, 7) is 2.32. The molecule has 0 atom stereocenters. The molecule has 0 aliphatic rings. The third kappa shape index (κ3) is 2.67. The predicted octanol–water partition coefficient (Wildman–Crippen LogP) is 2.05. The van der Waals surface area contributed by atoms with E-state index in [0.29, 0.717) is 17.2 Å². The maximum Gasteiger partial charge on any atom is 0.261 e. The van der Waals surface area contributed by atoms with Gasteiger partial charge in [-0.2, -0.15) is 5.10 Å². The topological polar surface area (TPSA) is 83.8 Å². The van der Waals surface area contributed by atoms with Crippen LogP contribution in [-0.4, -0.2) is 16.1 Å². The first-order valence-corrected chi connectivity index (χ1v) is 6.50. The molecule has 2 heterocycles. The first kappa shape index (κ1) is 12.1. The summed E-state index contributed by atoms with van der Waals surface area (Å²) in [7, 11) is 0. The minimum atomic E-state index is -0.107. The smallest absolute Gasteiger partial charge is 0.261 e. The first-order valence-electron chi connectivity index (χ1n) is 4.89. The minimum Gasteiger partial charge on any atom is -0.384 e. The molecule has 4 N–H and O–H groups in total. The Kier molecular flexibility index (Phi) is 3.49. The Morgan fingerprint density at radius 2 is 2.47 bits per heavy atom. The fraction of sp³-hybridized carbons (Fsp3) is 0.200. The molecule has 0 spiro atoms. The number of halogens is 1. The molecule has 0 fully saturated rings. The highest BCUT2D eigenvalue weighted by Crippen LogP contribution is 2.27. The zero-order valence-electron chi connectivity index (χ0n) is 9.08. The predicted molar refractivity (Wildman–Crippen MR) is 70.9 cm³/mol. The third-order valence-electron chi connectivity index (χ3n) is 2.27. The van der Waals surface area contributed by atoms with Crippen LogP contribution >= 0.6 is 27.3 Å². The van der Waals surface area contributed by atoms with Gasteiger partial charge in [0.05, 0.1) is 14.9 Å². The maximum absolute atomic E-state index is 11.8. The summed E-state index contributed by atoms with van der Waals surface area (Å²) >= 11 is 4.80. The van der Waals surface area contributed by atoms with Gasteiger partial charge < -0.3 is 11.1 Å². The lowest BCUT2D eigenvalue weighted by Gasteiger charge is -2.01. The molecule has 1 amide bonds. The van der Waals surface area contributed by atoms with E-state index in [0.717, 1.165) is 14.9 Å². The molecule has 7 heteroatoms. The van der Waals surface area contributed by atoms with Crippen LogP contribution < -0.4 is 11.1 Å². The Morgan fingerprint density at radius 1 is 1.71 bits per heavy atom. The Bertz CT molecular complexity index is 529. The number of rotatable bonds is 3. The summed E-state index contributed by atoms with van der Waals surface area (Å²) in [5.41, 5.74) is 7.46. The van der Waals surface area contributed by atoms with Gasteiger partial charge in [0.1, 0.15) is 5.82 Å². The largest absolute Gasteiger partial charge is 0.384 e. The third-order valence-corrected chi connectivity index (χ3v) is 4.41. The van der Waals surface area contributed by atoms with Gasteiger partial charge in [0.2, 0.25) is 0 Å². The lowest BCUT2D eigenvalue weighted by Crippen LogP contribution is -2.22. The second-order valence-corrected chi connectivity index (χ2v) is 5.93. The number of nitrogens with zero attached hydrogens (tertiary/aromatic N) is 1. The molecule has 0 aromatic carbocycles. The fourth-order valence-corrected chi connectivity index (χ4v) is 2.75. The monoisotopic (exact) mass is 314 g/mol. The number of carbonyl (C=O) groups is 1. The molecule has 2 aromatic heterocycles. The van der Waals surface area contributed by atoms with E-state index in [-0.39, 0.29) is 5.91 Å². The van der Waals surface area contributed by atoms with Gasteiger partial charge >= 0.3 is 0 Å². The molecule has 0 saturated carbocycles. The van der Waals surface area contributed by atoms with Crippen LogP contribution in [-0.2, 0) is 6.54 Å². The van der Waals surface area contributed by atoms with Crippen LogP contribution in [0.5, 0.6) is 0 Å². The van der Waals surface area contributed by atoms with E-state index in [9.17, 15) is 4.79 Å². The van der Waals surface area contributed by atoms with E-state index in [2.05, 4.69) is 31.4 Å². The van der Waals surface area contributed by atoms with Crippen molar-refractivity contribution in [2.45, 2.75) is 13.5 Å². The maximum atomic E-state index is 11.8. The number of hydrogen-bond donors (Lipinski definition) is 3. The van der Waals surface area contributed by atoms with Crippen molar-refractivity contribution in [3.05, 3.63) is 32.1 Å². The average molecular weight is 315 g/mol. The van der Waals surface area contributed by atoms with Gasteiger partial charge in [0.25, 0.3) is 5.91 Å². The number of nitrogens with two attached hydrogens (primary N) is 1. The van der Waals surface area contributed by atoms with Crippen molar-refractivity contribution < 1.29 is 4.79 Å². The summed E-state index contributed by atoms with van der Waals surface area (Å²) in [4.78, 5) is 12.5. The van der Waals surface area contributed by atoms with E-state index >= 15 is 0 Å². The van der Waals surface area contributed by atoms with Crippen molar-refractivity contribution in [2.24, 2.45) is 0 Å². The molecular weight excluding hydrogens is 304 g/mol. The molecule has 5 nitrogen and oxygen atoms in total. The number of nitrogens with one attached hydrogen (secondary N) is 2. The van der Waals surface area contributed by atoms with Crippen molar-refractivity contribution in [2.75, 3.05) is 5.73 Å². The minimum absolute atomic E-state index is 0.107. The zero-order valence-corrected chi connectivity index (χ0v) is 11.5. The van der Waals surface area contributed by atoms with Gasteiger partial charge in [-0.25, -0.2) is 0 Å². The Balaban J connectivity index is 2.00. The fourth-order valence-electron chi connectivity index (χ4n) is 1.30. The van der Waals surface area contributed by atoms with Crippen molar-refractivity contribution in [3.63, 3.8) is 0 Å². The van der Waals surface area contributed by atoms with Gasteiger partial charge in [-0.05, 0) is 34.5 Å². The van der Waals surface area contributed by atoms with Crippen LogP contribution in [0.3, 0.4) is 0 Å². The number of aryl methyl sites for hydroxylation is 1. The van der Waals surface area contributed by atoms with Crippen LogP contribution in [0.2, 0.25) is 0 Å². The molecule has 0 aliphatic carbocycles. The molecule has 0 aliphatic heterocycles. The molecule has 0 bridgehead atoms. The van der Waals surface area contributed by atoms with E-state index in [1.807, 2.05) is 13.0 Å². The van der Waals surface area contributed by atoms with Gasteiger partial charge in [-0.15, -0.1) is 11.3 Å². The number of amides is 1. The molecule has 2 aromatic rings. The molecule has 0 saturated heterocycles. The van der Waals surface area contributed by atoms with Crippen molar-refractivity contribution in [1.29, 1.82) is 0 Å². The Morgan fingerprint density at radius 3 is 3.00 bits per heavy atom. The normalized spacial score (nSPS) is 10.5.